The van der Waals surface area contributed by atoms with E-state index < -0.39 is 54.0 Å². The SMILES string of the molecule is CC(C)C(N)C(=O)NC(C(=O)N1CCCC1C(=O)NC(Cc1ccccc1)C(=O)O)C(C)O. The number of hydrogen-bond acceptors (Lipinski definition) is 6. The topological polar surface area (TPSA) is 162 Å². The molecule has 1 aliphatic heterocycles. The third-order valence-electron chi connectivity index (χ3n) is 5.80. The van der Waals surface area contributed by atoms with E-state index in [0.29, 0.717) is 12.8 Å². The molecule has 0 bridgehead atoms. The van der Waals surface area contributed by atoms with Crippen LogP contribution in [0.1, 0.15) is 39.2 Å². The fraction of sp³-hybridized carbons (Fsp3) is 0.565. The smallest absolute Gasteiger partial charge is 0.326 e. The second kappa shape index (κ2) is 11.8. The van der Waals surface area contributed by atoms with E-state index >= 15 is 0 Å². The maximum atomic E-state index is 13.2. The van der Waals surface area contributed by atoms with Crippen LogP contribution >= 0.6 is 0 Å². The number of hydrogen-bond donors (Lipinski definition) is 5. The number of aliphatic hydroxyl groups is 1. The predicted molar refractivity (Wildman–Crippen MR) is 121 cm³/mol. The average molecular weight is 463 g/mol. The number of carboxylic acids is 1. The first-order valence-corrected chi connectivity index (χ1v) is 11.1. The van der Waals surface area contributed by atoms with Crippen LogP contribution in [0.2, 0.25) is 0 Å². The maximum Gasteiger partial charge on any atom is 0.326 e. The summed E-state index contributed by atoms with van der Waals surface area (Å²) in [5.41, 5.74) is 6.60. The Bertz CT molecular complexity index is 845. The van der Waals surface area contributed by atoms with Crippen LogP contribution in [0.25, 0.3) is 0 Å². The van der Waals surface area contributed by atoms with Gasteiger partial charge in [-0.15, -0.1) is 0 Å². The number of aliphatic carboxylic acids is 1. The van der Waals surface area contributed by atoms with Gasteiger partial charge in [0, 0.05) is 13.0 Å². The average Bonchev–Trinajstić information content (AvgIpc) is 3.26. The van der Waals surface area contributed by atoms with Gasteiger partial charge in [-0.25, -0.2) is 4.79 Å². The number of aliphatic hydroxyl groups excluding tert-OH is 1. The van der Waals surface area contributed by atoms with Crippen LogP contribution in [0.15, 0.2) is 30.3 Å². The van der Waals surface area contributed by atoms with E-state index in [1.807, 2.05) is 6.07 Å². The minimum Gasteiger partial charge on any atom is -0.480 e. The molecule has 0 radical (unpaired) electrons. The van der Waals surface area contributed by atoms with E-state index in [1.165, 1.54) is 11.8 Å². The highest BCUT2D eigenvalue weighted by Gasteiger charge is 2.40. The fourth-order valence-corrected chi connectivity index (χ4v) is 3.74. The van der Waals surface area contributed by atoms with Gasteiger partial charge in [0.25, 0.3) is 0 Å². The Balaban J connectivity index is 2.11. The van der Waals surface area contributed by atoms with Gasteiger partial charge in [-0.05, 0) is 31.2 Å². The first-order chi connectivity index (χ1) is 15.5. The number of amides is 3. The standard InChI is InChI=1S/C23H34N4O6/c1-13(2)18(24)21(30)26-19(14(3)28)22(31)27-11-7-10-17(27)20(29)25-16(23(32)33)12-15-8-5-4-6-9-15/h4-6,8-9,13-14,16-19,28H,7,10-12,24H2,1-3H3,(H,25,29)(H,26,30)(H,32,33). The summed E-state index contributed by atoms with van der Waals surface area (Å²) < 4.78 is 0. The van der Waals surface area contributed by atoms with Gasteiger partial charge >= 0.3 is 5.97 Å². The molecule has 1 aromatic carbocycles. The van der Waals surface area contributed by atoms with Gasteiger partial charge in [-0.1, -0.05) is 44.2 Å². The lowest BCUT2D eigenvalue weighted by atomic mass is 10.0. The number of carboxylic acid groups (broad SMARTS) is 1. The summed E-state index contributed by atoms with van der Waals surface area (Å²) in [6.07, 6.45) is -0.231. The summed E-state index contributed by atoms with van der Waals surface area (Å²) in [4.78, 5) is 51.5. The quantitative estimate of drug-likeness (QED) is 0.317. The highest BCUT2D eigenvalue weighted by molar-refractivity contribution is 5.94. The highest BCUT2D eigenvalue weighted by Crippen LogP contribution is 2.20. The molecule has 0 aliphatic carbocycles. The Morgan fingerprint density at radius 1 is 1.12 bits per heavy atom. The number of nitrogens with zero attached hydrogens (tertiary/aromatic N) is 1. The number of benzene rings is 1. The van der Waals surface area contributed by atoms with E-state index in [9.17, 15) is 29.4 Å². The van der Waals surface area contributed by atoms with Crippen LogP contribution in [0.4, 0.5) is 0 Å². The minimum absolute atomic E-state index is 0.0992. The molecule has 1 aliphatic rings. The Morgan fingerprint density at radius 3 is 2.30 bits per heavy atom. The Morgan fingerprint density at radius 2 is 1.76 bits per heavy atom. The summed E-state index contributed by atoms with van der Waals surface area (Å²) in [5.74, 6) is -3.11. The van der Waals surface area contributed by atoms with Gasteiger partial charge in [0.15, 0.2) is 0 Å². The van der Waals surface area contributed by atoms with Crippen molar-refractivity contribution in [2.45, 2.75) is 70.3 Å². The van der Waals surface area contributed by atoms with Crippen molar-refractivity contribution in [3.63, 3.8) is 0 Å². The molecule has 1 fully saturated rings. The predicted octanol–water partition coefficient (Wildman–Crippen LogP) is -0.362. The fourth-order valence-electron chi connectivity index (χ4n) is 3.74. The molecule has 33 heavy (non-hydrogen) atoms. The van der Waals surface area contributed by atoms with Crippen molar-refractivity contribution in [2.75, 3.05) is 6.54 Å². The highest BCUT2D eigenvalue weighted by atomic mass is 16.4. The van der Waals surface area contributed by atoms with Crippen LogP contribution in [0, 0.1) is 5.92 Å². The van der Waals surface area contributed by atoms with Crippen LogP contribution in [0.3, 0.4) is 0 Å². The van der Waals surface area contributed by atoms with E-state index in [2.05, 4.69) is 10.6 Å². The van der Waals surface area contributed by atoms with E-state index in [0.717, 1.165) is 5.56 Å². The van der Waals surface area contributed by atoms with E-state index in [-0.39, 0.29) is 18.9 Å². The van der Waals surface area contributed by atoms with Crippen molar-refractivity contribution in [3.8, 4) is 0 Å². The van der Waals surface area contributed by atoms with Crippen molar-refractivity contribution in [1.29, 1.82) is 0 Å². The molecule has 1 heterocycles. The summed E-state index contributed by atoms with van der Waals surface area (Å²) in [6.45, 7) is 5.15. The van der Waals surface area contributed by atoms with Gasteiger partial charge in [-0.3, -0.25) is 14.4 Å². The first-order valence-electron chi connectivity index (χ1n) is 11.1. The molecule has 10 nitrogen and oxygen atoms in total. The number of carbonyl (C=O) groups excluding carboxylic acids is 3. The molecule has 6 N–H and O–H groups in total. The Labute approximate surface area is 193 Å². The van der Waals surface area contributed by atoms with Crippen molar-refractivity contribution in [1.82, 2.24) is 15.5 Å². The number of nitrogens with two attached hydrogens (primary N) is 1. The largest absolute Gasteiger partial charge is 0.480 e. The Kier molecular flexibility index (Phi) is 9.36. The molecule has 5 unspecified atom stereocenters. The number of nitrogens with one attached hydrogen (secondary N) is 2. The van der Waals surface area contributed by atoms with Gasteiger partial charge in [-0.2, -0.15) is 0 Å². The number of likely N-dealkylation sites (tertiary alicyclic amines) is 1. The molecule has 5 atom stereocenters. The van der Waals surface area contributed by atoms with Crippen molar-refractivity contribution < 1.29 is 29.4 Å². The lowest BCUT2D eigenvalue weighted by Gasteiger charge is -2.31. The van der Waals surface area contributed by atoms with Crippen molar-refractivity contribution in [3.05, 3.63) is 35.9 Å². The monoisotopic (exact) mass is 462 g/mol. The normalized spacial score (nSPS) is 19.5. The molecular formula is C23H34N4O6. The van der Waals surface area contributed by atoms with Gasteiger partial charge in [0.05, 0.1) is 12.1 Å². The van der Waals surface area contributed by atoms with Crippen molar-refractivity contribution >= 4 is 23.7 Å². The molecule has 1 saturated heterocycles. The first kappa shape index (κ1) is 26.3. The third-order valence-corrected chi connectivity index (χ3v) is 5.80. The van der Waals surface area contributed by atoms with Crippen LogP contribution in [0.5, 0.6) is 0 Å². The zero-order valence-electron chi connectivity index (χ0n) is 19.2. The molecule has 0 saturated carbocycles. The van der Waals surface area contributed by atoms with E-state index in [4.69, 9.17) is 5.73 Å². The lowest BCUT2D eigenvalue weighted by molar-refractivity contribution is -0.146. The molecule has 0 spiro atoms. The Hall–Kier alpha value is -2.98. The third kappa shape index (κ3) is 7.00. The van der Waals surface area contributed by atoms with E-state index in [1.54, 1.807) is 38.1 Å². The second-order valence-corrected chi connectivity index (χ2v) is 8.78. The number of rotatable bonds is 10. The number of carbonyl (C=O) groups is 4. The summed E-state index contributed by atoms with van der Waals surface area (Å²) >= 11 is 0. The molecule has 0 aromatic heterocycles. The van der Waals surface area contributed by atoms with Crippen molar-refractivity contribution in [2.24, 2.45) is 11.7 Å². The molecule has 10 heteroatoms. The summed E-state index contributed by atoms with van der Waals surface area (Å²) in [5, 5.41) is 24.7. The zero-order valence-corrected chi connectivity index (χ0v) is 19.2. The summed E-state index contributed by atoms with van der Waals surface area (Å²) in [6, 6.07) is 4.73. The molecule has 2 rings (SSSR count). The maximum absolute atomic E-state index is 13.2. The van der Waals surface area contributed by atoms with Gasteiger partial charge < -0.3 is 31.5 Å². The van der Waals surface area contributed by atoms with Gasteiger partial charge in [0.1, 0.15) is 18.1 Å². The molecular weight excluding hydrogens is 428 g/mol. The van der Waals surface area contributed by atoms with Crippen LogP contribution in [-0.4, -0.2) is 75.6 Å². The second-order valence-electron chi connectivity index (χ2n) is 8.78. The minimum atomic E-state index is -1.27. The molecule has 1 aromatic rings. The molecule has 182 valence electrons. The zero-order chi connectivity index (χ0) is 24.7. The van der Waals surface area contributed by atoms with Crippen LogP contribution < -0.4 is 16.4 Å². The summed E-state index contributed by atoms with van der Waals surface area (Å²) in [7, 11) is 0. The lowest BCUT2D eigenvalue weighted by Crippen LogP contribution is -2.60. The van der Waals surface area contributed by atoms with Gasteiger partial charge in [0.2, 0.25) is 17.7 Å². The van der Waals surface area contributed by atoms with Crippen LogP contribution in [-0.2, 0) is 25.6 Å². The molecule has 3 amide bonds.